The van der Waals surface area contributed by atoms with Gasteiger partial charge in [-0.15, -0.1) is 0 Å². The van der Waals surface area contributed by atoms with Crippen molar-refractivity contribution in [3.05, 3.63) is 28.8 Å². The van der Waals surface area contributed by atoms with Crippen LogP contribution in [0.15, 0.2) is 18.2 Å². The van der Waals surface area contributed by atoms with Crippen molar-refractivity contribution in [2.45, 2.75) is 40.0 Å². The molecule has 0 bridgehead atoms. The second-order valence-corrected chi connectivity index (χ2v) is 9.96. The molecule has 3 rings (SSSR count). The van der Waals surface area contributed by atoms with Crippen molar-refractivity contribution in [3.63, 3.8) is 0 Å². The summed E-state index contributed by atoms with van der Waals surface area (Å²) >= 11 is 6.10. The minimum absolute atomic E-state index is 0.0845. The molecule has 1 saturated carbocycles. The molecule has 1 heterocycles. The first-order chi connectivity index (χ1) is 13.0. The summed E-state index contributed by atoms with van der Waals surface area (Å²) in [4.78, 5) is 29.3. The van der Waals surface area contributed by atoms with Crippen LogP contribution in [0.25, 0.3) is 0 Å². The SMILES string of the molecule is Cc1c(Cl)cccc1NC(=O)CCC(=O)N1C[C@@H]2C(C)(C)C[C@]2(CN(C)C)C1. The molecule has 28 heavy (non-hydrogen) atoms. The summed E-state index contributed by atoms with van der Waals surface area (Å²) in [5, 5.41) is 3.49. The van der Waals surface area contributed by atoms with Crippen molar-refractivity contribution in [1.29, 1.82) is 0 Å². The van der Waals surface area contributed by atoms with E-state index in [1.807, 2.05) is 24.0 Å². The highest BCUT2D eigenvalue weighted by Gasteiger charge is 2.63. The summed E-state index contributed by atoms with van der Waals surface area (Å²) in [6, 6.07) is 5.43. The standard InChI is InChI=1S/C22H32ClN3O2/c1-15-16(23)7-6-8-17(15)24-19(27)9-10-20(28)26-11-18-21(2,3)12-22(18,14-26)13-25(4)5/h6-8,18H,9-14H2,1-5H3,(H,24,27)/t18-,22+/m1/s1. The first-order valence-corrected chi connectivity index (χ1v) is 10.4. The lowest BCUT2D eigenvalue weighted by atomic mass is 9.48. The molecule has 2 aliphatic rings. The maximum Gasteiger partial charge on any atom is 0.224 e. The highest BCUT2D eigenvalue weighted by Crippen LogP contribution is 2.62. The molecule has 2 atom stereocenters. The summed E-state index contributed by atoms with van der Waals surface area (Å²) in [5.74, 6) is 0.472. The van der Waals surface area contributed by atoms with Gasteiger partial charge in [-0.25, -0.2) is 0 Å². The number of nitrogens with zero attached hydrogens (tertiary/aromatic N) is 2. The molecule has 1 aliphatic heterocycles. The third-order valence-corrected chi connectivity index (χ3v) is 6.90. The Bertz CT molecular complexity index is 773. The Morgan fingerprint density at radius 2 is 2.00 bits per heavy atom. The van der Waals surface area contributed by atoms with Gasteiger partial charge in [-0.3, -0.25) is 9.59 Å². The van der Waals surface area contributed by atoms with E-state index in [2.05, 4.69) is 38.2 Å². The number of amides is 2. The lowest BCUT2D eigenvalue weighted by Gasteiger charge is -2.57. The number of likely N-dealkylation sites (tertiary alicyclic amines) is 1. The molecule has 1 aromatic rings. The van der Waals surface area contributed by atoms with E-state index < -0.39 is 0 Å². The highest BCUT2D eigenvalue weighted by atomic mass is 35.5. The molecule has 0 unspecified atom stereocenters. The summed E-state index contributed by atoms with van der Waals surface area (Å²) in [7, 11) is 4.20. The number of carbonyl (C=O) groups is 2. The molecule has 5 nitrogen and oxygen atoms in total. The number of carbonyl (C=O) groups excluding carboxylic acids is 2. The molecule has 0 spiro atoms. The zero-order valence-electron chi connectivity index (χ0n) is 17.6. The van der Waals surface area contributed by atoms with E-state index in [0.29, 0.717) is 16.6 Å². The van der Waals surface area contributed by atoms with E-state index in [1.54, 1.807) is 6.07 Å². The van der Waals surface area contributed by atoms with Crippen molar-refractivity contribution in [2.24, 2.45) is 16.7 Å². The number of anilines is 1. The van der Waals surface area contributed by atoms with Crippen molar-refractivity contribution in [3.8, 4) is 0 Å². The lowest BCUT2D eigenvalue weighted by molar-refractivity contribution is -0.132. The summed E-state index contributed by atoms with van der Waals surface area (Å²) in [6.07, 6.45) is 1.59. The van der Waals surface area contributed by atoms with Gasteiger partial charge in [0.1, 0.15) is 0 Å². The average molecular weight is 406 g/mol. The Hall–Kier alpha value is -1.59. The summed E-state index contributed by atoms with van der Waals surface area (Å²) in [5.41, 5.74) is 2.04. The van der Waals surface area contributed by atoms with Gasteiger partial charge in [-0.05, 0) is 56.5 Å². The number of benzene rings is 1. The monoisotopic (exact) mass is 405 g/mol. The Kier molecular flexibility index (Phi) is 5.79. The number of rotatable bonds is 6. The maximum atomic E-state index is 12.8. The molecule has 1 N–H and O–H groups in total. The summed E-state index contributed by atoms with van der Waals surface area (Å²) < 4.78 is 0. The van der Waals surface area contributed by atoms with Crippen LogP contribution in [0.2, 0.25) is 5.02 Å². The Labute approximate surface area is 173 Å². The van der Waals surface area contributed by atoms with Gasteiger partial charge in [0.2, 0.25) is 11.8 Å². The number of hydrogen-bond donors (Lipinski definition) is 1. The number of halogens is 1. The van der Waals surface area contributed by atoms with Crippen LogP contribution >= 0.6 is 11.6 Å². The summed E-state index contributed by atoms with van der Waals surface area (Å²) in [6.45, 7) is 9.12. The predicted molar refractivity (Wildman–Crippen MR) is 114 cm³/mol. The minimum atomic E-state index is -0.149. The van der Waals surface area contributed by atoms with Gasteiger partial charge < -0.3 is 15.1 Å². The van der Waals surface area contributed by atoms with Gasteiger partial charge >= 0.3 is 0 Å². The third-order valence-electron chi connectivity index (χ3n) is 6.49. The molecule has 2 amide bonds. The zero-order valence-corrected chi connectivity index (χ0v) is 18.4. The van der Waals surface area contributed by atoms with Crippen molar-refractivity contribution >= 4 is 29.1 Å². The molecule has 6 heteroatoms. The van der Waals surface area contributed by atoms with E-state index in [4.69, 9.17) is 11.6 Å². The first kappa shape index (κ1) is 21.1. The van der Waals surface area contributed by atoms with E-state index in [9.17, 15) is 9.59 Å². The van der Waals surface area contributed by atoms with Crippen molar-refractivity contribution in [2.75, 3.05) is 39.0 Å². The van der Waals surface area contributed by atoms with Crippen LogP contribution in [0.5, 0.6) is 0 Å². The Morgan fingerprint density at radius 3 is 2.64 bits per heavy atom. The lowest BCUT2D eigenvalue weighted by Crippen LogP contribution is -2.57. The largest absolute Gasteiger partial charge is 0.342 e. The molecule has 1 aromatic carbocycles. The van der Waals surface area contributed by atoms with E-state index >= 15 is 0 Å². The van der Waals surface area contributed by atoms with E-state index in [0.717, 1.165) is 31.6 Å². The van der Waals surface area contributed by atoms with Crippen LogP contribution in [-0.2, 0) is 9.59 Å². The fourth-order valence-electron chi connectivity index (χ4n) is 5.49. The van der Waals surface area contributed by atoms with Crippen LogP contribution < -0.4 is 5.32 Å². The topological polar surface area (TPSA) is 52.7 Å². The molecular formula is C22H32ClN3O2. The number of fused-ring (bicyclic) bond motifs is 1. The third kappa shape index (κ3) is 4.06. The normalized spacial score (nSPS) is 25.4. The zero-order chi connectivity index (χ0) is 20.7. The van der Waals surface area contributed by atoms with Crippen LogP contribution in [0.1, 0.15) is 38.7 Å². The van der Waals surface area contributed by atoms with Crippen LogP contribution in [0.3, 0.4) is 0 Å². The first-order valence-electron chi connectivity index (χ1n) is 10.0. The quantitative estimate of drug-likeness (QED) is 0.783. The van der Waals surface area contributed by atoms with Gasteiger partial charge in [0, 0.05) is 48.6 Å². The smallest absolute Gasteiger partial charge is 0.224 e. The fraction of sp³-hybridized carbons (Fsp3) is 0.636. The van der Waals surface area contributed by atoms with Crippen molar-refractivity contribution < 1.29 is 9.59 Å². The van der Waals surface area contributed by atoms with Crippen LogP contribution in [0.4, 0.5) is 5.69 Å². The van der Waals surface area contributed by atoms with Crippen LogP contribution in [0, 0.1) is 23.7 Å². The number of nitrogens with one attached hydrogen (secondary N) is 1. The second kappa shape index (κ2) is 7.68. The van der Waals surface area contributed by atoms with Crippen LogP contribution in [-0.4, -0.2) is 55.3 Å². The van der Waals surface area contributed by atoms with Gasteiger partial charge in [-0.1, -0.05) is 31.5 Å². The molecule has 1 aliphatic carbocycles. The molecule has 1 saturated heterocycles. The highest BCUT2D eigenvalue weighted by molar-refractivity contribution is 6.31. The fourth-order valence-corrected chi connectivity index (χ4v) is 5.67. The van der Waals surface area contributed by atoms with Gasteiger partial charge in [0.15, 0.2) is 0 Å². The molecule has 154 valence electrons. The maximum absolute atomic E-state index is 12.8. The second-order valence-electron chi connectivity index (χ2n) is 9.55. The van der Waals surface area contributed by atoms with E-state index in [1.165, 1.54) is 0 Å². The minimum Gasteiger partial charge on any atom is -0.342 e. The molecule has 0 aromatic heterocycles. The van der Waals surface area contributed by atoms with Gasteiger partial charge in [0.05, 0.1) is 0 Å². The molecule has 2 fully saturated rings. The number of hydrogen-bond acceptors (Lipinski definition) is 3. The van der Waals surface area contributed by atoms with Gasteiger partial charge in [-0.2, -0.15) is 0 Å². The van der Waals surface area contributed by atoms with Crippen molar-refractivity contribution in [1.82, 2.24) is 9.80 Å². The predicted octanol–water partition coefficient (Wildman–Crippen LogP) is 3.80. The van der Waals surface area contributed by atoms with Gasteiger partial charge in [0.25, 0.3) is 0 Å². The Morgan fingerprint density at radius 1 is 1.29 bits per heavy atom. The Balaban J connectivity index is 1.55. The van der Waals surface area contributed by atoms with E-state index in [-0.39, 0.29) is 35.5 Å². The molecule has 0 radical (unpaired) electrons. The average Bonchev–Trinajstić information content (AvgIpc) is 2.90. The molecular weight excluding hydrogens is 374 g/mol.